The van der Waals surface area contributed by atoms with E-state index < -0.39 is 5.97 Å². The van der Waals surface area contributed by atoms with Gasteiger partial charge in [0.1, 0.15) is 0 Å². The molecule has 0 aromatic heterocycles. The summed E-state index contributed by atoms with van der Waals surface area (Å²) in [7, 11) is 4.53. The number of esters is 1. The summed E-state index contributed by atoms with van der Waals surface area (Å²) in [4.78, 5) is 23.7. The van der Waals surface area contributed by atoms with Crippen molar-refractivity contribution in [2.45, 2.75) is 6.42 Å². The first-order valence-corrected chi connectivity index (χ1v) is 9.02. The minimum Gasteiger partial charge on any atom is -0.493 e. The number of hydrogen-bond acceptors (Lipinski definition) is 6. The second-order valence-corrected chi connectivity index (χ2v) is 5.99. The molecule has 154 valence electrons. The Morgan fingerprint density at radius 1 is 0.966 bits per heavy atom. The van der Waals surface area contributed by atoms with Gasteiger partial charge in [0.25, 0.3) is 5.91 Å². The van der Waals surface area contributed by atoms with Gasteiger partial charge in [-0.05, 0) is 35.8 Å². The summed E-state index contributed by atoms with van der Waals surface area (Å²) in [5, 5.41) is 2.72. The van der Waals surface area contributed by atoms with Gasteiger partial charge in [-0.3, -0.25) is 4.79 Å². The monoisotopic (exact) mass is 399 g/mol. The van der Waals surface area contributed by atoms with E-state index in [4.69, 9.17) is 18.9 Å². The van der Waals surface area contributed by atoms with Gasteiger partial charge in [-0.1, -0.05) is 30.3 Å². The summed E-state index contributed by atoms with van der Waals surface area (Å²) in [6.45, 7) is 0.134. The maximum atomic E-state index is 11.9. The molecule has 0 aliphatic heterocycles. The van der Waals surface area contributed by atoms with Crippen LogP contribution < -0.4 is 19.5 Å². The van der Waals surface area contributed by atoms with Crippen molar-refractivity contribution in [1.82, 2.24) is 5.32 Å². The van der Waals surface area contributed by atoms with E-state index >= 15 is 0 Å². The van der Waals surface area contributed by atoms with Crippen molar-refractivity contribution in [3.8, 4) is 17.2 Å². The lowest BCUT2D eigenvalue weighted by Crippen LogP contribution is -2.30. The van der Waals surface area contributed by atoms with Crippen LogP contribution in [0.15, 0.2) is 48.5 Å². The van der Waals surface area contributed by atoms with Gasteiger partial charge in [0, 0.05) is 12.6 Å². The normalized spacial score (nSPS) is 10.4. The molecular weight excluding hydrogens is 374 g/mol. The molecule has 2 aromatic carbocycles. The molecule has 7 nitrogen and oxygen atoms in total. The number of hydrogen-bond donors (Lipinski definition) is 1. The fourth-order valence-electron chi connectivity index (χ4n) is 2.59. The number of carbonyl (C=O) groups is 2. The minimum absolute atomic E-state index is 0.340. The van der Waals surface area contributed by atoms with Crippen LogP contribution in [0.4, 0.5) is 0 Å². The quantitative estimate of drug-likeness (QED) is 0.489. The fourth-order valence-corrected chi connectivity index (χ4v) is 2.59. The molecule has 2 aromatic rings. The number of benzene rings is 2. The van der Waals surface area contributed by atoms with Gasteiger partial charge in [-0.2, -0.15) is 0 Å². The van der Waals surface area contributed by atoms with E-state index in [-0.39, 0.29) is 12.5 Å². The molecule has 1 amide bonds. The summed E-state index contributed by atoms with van der Waals surface area (Å²) in [5.74, 6) is 0.421. The standard InChI is InChI=1S/C22H25NO6/c1-26-18-13-17(14-19(27-2)22(18)28-3)9-10-21(25)29-15-20(24)23-12-11-16-7-5-4-6-8-16/h4-10,13-14H,11-12,15H2,1-3H3,(H,23,24). The molecule has 0 bridgehead atoms. The molecule has 0 heterocycles. The third-order valence-electron chi connectivity index (χ3n) is 4.02. The topological polar surface area (TPSA) is 83.1 Å². The SMILES string of the molecule is COc1cc(C=CC(=O)OCC(=O)NCCc2ccccc2)cc(OC)c1OC. The molecule has 0 saturated heterocycles. The summed E-state index contributed by atoms with van der Waals surface area (Å²) in [6, 6.07) is 13.2. The average molecular weight is 399 g/mol. The zero-order valence-electron chi connectivity index (χ0n) is 16.8. The Balaban J connectivity index is 1.82. The van der Waals surface area contributed by atoms with Crippen molar-refractivity contribution in [3.63, 3.8) is 0 Å². The lowest BCUT2D eigenvalue weighted by atomic mass is 10.1. The maximum Gasteiger partial charge on any atom is 0.331 e. The molecule has 29 heavy (non-hydrogen) atoms. The van der Waals surface area contributed by atoms with Crippen molar-refractivity contribution in [1.29, 1.82) is 0 Å². The summed E-state index contributed by atoms with van der Waals surface area (Å²) in [5.41, 5.74) is 1.78. The Morgan fingerprint density at radius 3 is 2.21 bits per heavy atom. The zero-order valence-corrected chi connectivity index (χ0v) is 16.8. The van der Waals surface area contributed by atoms with Crippen LogP contribution in [0.25, 0.3) is 6.08 Å². The van der Waals surface area contributed by atoms with E-state index in [2.05, 4.69) is 5.32 Å². The molecule has 0 spiro atoms. The van der Waals surface area contributed by atoms with Crippen LogP contribution in [0.5, 0.6) is 17.2 Å². The third-order valence-corrected chi connectivity index (χ3v) is 4.02. The van der Waals surface area contributed by atoms with E-state index in [1.807, 2.05) is 30.3 Å². The lowest BCUT2D eigenvalue weighted by molar-refractivity contribution is -0.143. The van der Waals surface area contributed by atoms with Crippen molar-refractivity contribution < 1.29 is 28.5 Å². The van der Waals surface area contributed by atoms with E-state index in [9.17, 15) is 9.59 Å². The molecule has 7 heteroatoms. The van der Waals surface area contributed by atoms with Gasteiger partial charge >= 0.3 is 5.97 Å². The molecule has 1 N–H and O–H groups in total. The Bertz CT molecular complexity index is 823. The first-order chi connectivity index (χ1) is 14.1. The first-order valence-electron chi connectivity index (χ1n) is 9.02. The van der Waals surface area contributed by atoms with Crippen LogP contribution in [0, 0.1) is 0 Å². The number of nitrogens with one attached hydrogen (secondary N) is 1. The second kappa shape index (κ2) is 11.4. The Hall–Kier alpha value is -3.48. The summed E-state index contributed by atoms with van der Waals surface area (Å²) < 4.78 is 20.7. The van der Waals surface area contributed by atoms with E-state index in [0.29, 0.717) is 35.8 Å². The molecule has 2 rings (SSSR count). The predicted octanol–water partition coefficient (Wildman–Crippen LogP) is 2.63. The van der Waals surface area contributed by atoms with Gasteiger partial charge < -0.3 is 24.3 Å². The lowest BCUT2D eigenvalue weighted by Gasteiger charge is -2.12. The molecule has 0 unspecified atom stereocenters. The highest BCUT2D eigenvalue weighted by molar-refractivity contribution is 5.89. The summed E-state index contributed by atoms with van der Waals surface area (Å²) >= 11 is 0. The largest absolute Gasteiger partial charge is 0.493 e. The Morgan fingerprint density at radius 2 is 1.62 bits per heavy atom. The maximum absolute atomic E-state index is 11.9. The van der Waals surface area contributed by atoms with Gasteiger partial charge in [-0.15, -0.1) is 0 Å². The molecule has 0 radical (unpaired) electrons. The third kappa shape index (κ3) is 6.88. The molecule has 0 saturated carbocycles. The van der Waals surface area contributed by atoms with Crippen LogP contribution in [0.1, 0.15) is 11.1 Å². The average Bonchev–Trinajstić information content (AvgIpc) is 2.76. The Labute approximate surface area is 170 Å². The minimum atomic E-state index is -0.628. The second-order valence-electron chi connectivity index (χ2n) is 5.99. The number of ether oxygens (including phenoxy) is 4. The number of rotatable bonds is 10. The molecule has 0 aliphatic carbocycles. The van der Waals surface area contributed by atoms with Crippen molar-refractivity contribution >= 4 is 18.0 Å². The highest BCUT2D eigenvalue weighted by atomic mass is 16.5. The van der Waals surface area contributed by atoms with E-state index in [1.54, 1.807) is 18.2 Å². The predicted molar refractivity (Wildman–Crippen MR) is 109 cm³/mol. The highest BCUT2D eigenvalue weighted by Gasteiger charge is 2.12. The molecule has 0 atom stereocenters. The van der Waals surface area contributed by atoms with Crippen molar-refractivity contribution in [3.05, 3.63) is 59.7 Å². The van der Waals surface area contributed by atoms with Crippen molar-refractivity contribution in [2.24, 2.45) is 0 Å². The number of amides is 1. The Kier molecular flexibility index (Phi) is 8.56. The van der Waals surface area contributed by atoms with Crippen LogP contribution in [-0.4, -0.2) is 46.4 Å². The smallest absolute Gasteiger partial charge is 0.331 e. The first kappa shape index (κ1) is 21.8. The molecule has 0 fully saturated rings. The van der Waals surface area contributed by atoms with Gasteiger partial charge in [0.2, 0.25) is 5.75 Å². The van der Waals surface area contributed by atoms with Crippen LogP contribution in [0.2, 0.25) is 0 Å². The molecule has 0 aliphatic rings. The fraction of sp³-hybridized carbons (Fsp3) is 0.273. The van der Waals surface area contributed by atoms with E-state index in [1.165, 1.54) is 27.4 Å². The zero-order chi connectivity index (χ0) is 21.1. The molecular formula is C22H25NO6. The van der Waals surface area contributed by atoms with Crippen LogP contribution in [0.3, 0.4) is 0 Å². The van der Waals surface area contributed by atoms with Crippen LogP contribution in [-0.2, 0) is 20.7 Å². The van der Waals surface area contributed by atoms with Gasteiger partial charge in [0.15, 0.2) is 18.1 Å². The summed E-state index contributed by atoms with van der Waals surface area (Å²) in [6.07, 6.45) is 3.49. The van der Waals surface area contributed by atoms with E-state index in [0.717, 1.165) is 5.56 Å². The number of methoxy groups -OCH3 is 3. The number of carbonyl (C=O) groups excluding carboxylic acids is 2. The van der Waals surface area contributed by atoms with Gasteiger partial charge in [-0.25, -0.2) is 4.79 Å². The van der Waals surface area contributed by atoms with Crippen molar-refractivity contribution in [2.75, 3.05) is 34.5 Å². The van der Waals surface area contributed by atoms with Crippen LogP contribution >= 0.6 is 0 Å². The highest BCUT2D eigenvalue weighted by Crippen LogP contribution is 2.38. The van der Waals surface area contributed by atoms with Gasteiger partial charge in [0.05, 0.1) is 21.3 Å².